The number of hydrogen-bond acceptors (Lipinski definition) is 2. The van der Waals surface area contributed by atoms with Gasteiger partial charge in [-0.2, -0.15) is 0 Å². The van der Waals surface area contributed by atoms with Gasteiger partial charge in [-0.1, -0.05) is 26.2 Å². The highest BCUT2D eigenvalue weighted by molar-refractivity contribution is 5.74. The molecule has 0 aromatic carbocycles. The zero-order valence-corrected chi connectivity index (χ0v) is 10.2. The van der Waals surface area contributed by atoms with Crippen molar-refractivity contribution in [2.75, 3.05) is 13.1 Å². The molecule has 1 saturated carbocycles. The average Bonchev–Trinajstić information content (AvgIpc) is 2.87. The van der Waals surface area contributed by atoms with Gasteiger partial charge in [0.15, 0.2) is 0 Å². The molecule has 0 radical (unpaired) electrons. The van der Waals surface area contributed by atoms with Crippen LogP contribution < -0.4 is 0 Å². The van der Waals surface area contributed by atoms with E-state index in [2.05, 4.69) is 11.8 Å². The zero-order chi connectivity index (χ0) is 11.6. The molecule has 0 bridgehead atoms. The van der Waals surface area contributed by atoms with E-state index in [1.165, 1.54) is 32.1 Å². The van der Waals surface area contributed by atoms with Crippen molar-refractivity contribution in [2.45, 2.75) is 57.9 Å². The second-order valence-electron chi connectivity index (χ2n) is 5.59. The van der Waals surface area contributed by atoms with E-state index in [-0.39, 0.29) is 6.04 Å². The summed E-state index contributed by atoms with van der Waals surface area (Å²) in [6, 6.07) is -0.191. The van der Waals surface area contributed by atoms with Crippen LogP contribution in [0.1, 0.15) is 51.9 Å². The molecule has 2 fully saturated rings. The Labute approximate surface area is 97.8 Å². The second-order valence-corrected chi connectivity index (χ2v) is 5.59. The van der Waals surface area contributed by atoms with Gasteiger partial charge in [0.2, 0.25) is 0 Å². The van der Waals surface area contributed by atoms with Crippen molar-refractivity contribution in [3.63, 3.8) is 0 Å². The molecule has 1 saturated heterocycles. The molecule has 2 aliphatic rings. The summed E-state index contributed by atoms with van der Waals surface area (Å²) in [5.41, 5.74) is 0.411. The quantitative estimate of drug-likeness (QED) is 0.706. The lowest BCUT2D eigenvalue weighted by Gasteiger charge is -2.20. The molecule has 16 heavy (non-hydrogen) atoms. The second kappa shape index (κ2) is 4.74. The molecule has 0 unspecified atom stereocenters. The average molecular weight is 225 g/mol. The van der Waals surface area contributed by atoms with Gasteiger partial charge in [-0.05, 0) is 37.6 Å². The SMILES string of the molecule is CCCCCCN1CC2(CC2)C[C@H]1C(=O)O. The lowest BCUT2D eigenvalue weighted by atomic mass is 10.0. The van der Waals surface area contributed by atoms with Gasteiger partial charge < -0.3 is 5.11 Å². The van der Waals surface area contributed by atoms with Crippen molar-refractivity contribution < 1.29 is 9.90 Å². The Morgan fingerprint density at radius 2 is 2.12 bits per heavy atom. The van der Waals surface area contributed by atoms with Gasteiger partial charge in [0, 0.05) is 6.54 Å². The third kappa shape index (κ3) is 2.57. The molecule has 1 spiro atoms. The van der Waals surface area contributed by atoms with Crippen LogP contribution in [-0.2, 0) is 4.79 Å². The summed E-state index contributed by atoms with van der Waals surface area (Å²) in [4.78, 5) is 13.4. The molecule has 0 aromatic heterocycles. The largest absolute Gasteiger partial charge is 0.480 e. The first-order valence-electron chi connectivity index (χ1n) is 6.64. The number of nitrogens with zero attached hydrogens (tertiary/aromatic N) is 1. The van der Waals surface area contributed by atoms with Crippen molar-refractivity contribution in [3.8, 4) is 0 Å². The fourth-order valence-electron chi connectivity index (χ4n) is 2.90. The summed E-state index contributed by atoms with van der Waals surface area (Å²) < 4.78 is 0. The van der Waals surface area contributed by atoms with Gasteiger partial charge >= 0.3 is 5.97 Å². The third-order valence-corrected chi connectivity index (χ3v) is 4.15. The maximum atomic E-state index is 11.2. The molecular weight excluding hydrogens is 202 g/mol. The van der Waals surface area contributed by atoms with E-state index in [1.54, 1.807) is 0 Å². The van der Waals surface area contributed by atoms with Crippen LogP contribution in [0.5, 0.6) is 0 Å². The number of hydrogen-bond donors (Lipinski definition) is 1. The maximum absolute atomic E-state index is 11.2. The number of carboxylic acid groups (broad SMARTS) is 1. The van der Waals surface area contributed by atoms with E-state index in [9.17, 15) is 9.90 Å². The number of aliphatic carboxylic acids is 1. The first-order chi connectivity index (χ1) is 7.67. The highest BCUT2D eigenvalue weighted by Crippen LogP contribution is 2.54. The minimum atomic E-state index is -0.612. The highest BCUT2D eigenvalue weighted by atomic mass is 16.4. The van der Waals surface area contributed by atoms with Crippen molar-refractivity contribution in [1.82, 2.24) is 4.90 Å². The van der Waals surface area contributed by atoms with Crippen molar-refractivity contribution in [2.24, 2.45) is 5.41 Å². The number of unbranched alkanes of at least 4 members (excludes halogenated alkanes) is 3. The summed E-state index contributed by atoms with van der Waals surface area (Å²) in [6.45, 7) is 4.23. The summed E-state index contributed by atoms with van der Waals surface area (Å²) in [5.74, 6) is -0.612. The van der Waals surface area contributed by atoms with E-state index in [4.69, 9.17) is 0 Å². The minimum Gasteiger partial charge on any atom is -0.480 e. The molecule has 0 amide bonds. The molecule has 92 valence electrons. The fraction of sp³-hybridized carbons (Fsp3) is 0.923. The topological polar surface area (TPSA) is 40.5 Å². The number of rotatable bonds is 6. The van der Waals surface area contributed by atoms with Crippen molar-refractivity contribution in [3.05, 3.63) is 0 Å². The third-order valence-electron chi connectivity index (χ3n) is 4.15. The molecule has 0 aromatic rings. The minimum absolute atomic E-state index is 0.191. The molecule has 1 aliphatic carbocycles. The number of likely N-dealkylation sites (tertiary alicyclic amines) is 1. The standard InChI is InChI=1S/C13H23NO2/c1-2-3-4-5-8-14-10-13(6-7-13)9-11(14)12(15)16/h11H,2-10H2,1H3,(H,15,16)/t11-/m0/s1. The maximum Gasteiger partial charge on any atom is 0.320 e. The van der Waals surface area contributed by atoms with Crippen molar-refractivity contribution >= 4 is 5.97 Å². The first kappa shape index (κ1) is 11.9. The van der Waals surface area contributed by atoms with Crippen LogP contribution in [0.4, 0.5) is 0 Å². The molecule has 3 heteroatoms. The summed E-state index contributed by atoms with van der Waals surface area (Å²) in [5, 5.41) is 9.20. The van der Waals surface area contributed by atoms with Gasteiger partial charge in [0.1, 0.15) is 6.04 Å². The van der Waals surface area contributed by atoms with Crippen LogP contribution in [0.25, 0.3) is 0 Å². The van der Waals surface area contributed by atoms with E-state index < -0.39 is 5.97 Å². The van der Waals surface area contributed by atoms with Crippen LogP contribution in [0.15, 0.2) is 0 Å². The fourth-order valence-corrected chi connectivity index (χ4v) is 2.90. The van der Waals surface area contributed by atoms with Crippen LogP contribution in [0, 0.1) is 5.41 Å². The summed E-state index contributed by atoms with van der Waals surface area (Å²) in [6.07, 6.45) is 8.32. The Hall–Kier alpha value is -0.570. The van der Waals surface area contributed by atoms with Gasteiger partial charge in [-0.3, -0.25) is 9.69 Å². The lowest BCUT2D eigenvalue weighted by Crippen LogP contribution is -2.36. The molecule has 1 N–H and O–H groups in total. The normalized spacial score (nSPS) is 27.4. The van der Waals surface area contributed by atoms with Gasteiger partial charge in [-0.25, -0.2) is 0 Å². The van der Waals surface area contributed by atoms with E-state index in [0.29, 0.717) is 5.41 Å². The summed E-state index contributed by atoms with van der Waals surface area (Å²) in [7, 11) is 0. The predicted octanol–water partition coefficient (Wildman–Crippen LogP) is 2.51. The van der Waals surface area contributed by atoms with E-state index in [0.717, 1.165) is 25.9 Å². The Kier molecular flexibility index (Phi) is 3.53. The Morgan fingerprint density at radius 1 is 1.38 bits per heavy atom. The summed E-state index contributed by atoms with van der Waals surface area (Å²) >= 11 is 0. The molecule has 2 rings (SSSR count). The van der Waals surface area contributed by atoms with E-state index >= 15 is 0 Å². The molecular formula is C13H23NO2. The van der Waals surface area contributed by atoms with Crippen LogP contribution in [0.3, 0.4) is 0 Å². The lowest BCUT2D eigenvalue weighted by molar-refractivity contribution is -0.142. The molecule has 1 heterocycles. The van der Waals surface area contributed by atoms with Crippen LogP contribution in [-0.4, -0.2) is 35.1 Å². The van der Waals surface area contributed by atoms with Crippen LogP contribution in [0.2, 0.25) is 0 Å². The monoisotopic (exact) mass is 225 g/mol. The van der Waals surface area contributed by atoms with Gasteiger partial charge in [0.05, 0.1) is 0 Å². The first-order valence-corrected chi connectivity index (χ1v) is 6.64. The molecule has 1 atom stereocenters. The zero-order valence-electron chi connectivity index (χ0n) is 10.2. The number of carboxylic acids is 1. The Balaban J connectivity index is 1.79. The highest BCUT2D eigenvalue weighted by Gasteiger charge is 2.53. The smallest absolute Gasteiger partial charge is 0.320 e. The number of carbonyl (C=O) groups is 1. The Morgan fingerprint density at radius 3 is 2.69 bits per heavy atom. The van der Waals surface area contributed by atoms with Gasteiger partial charge in [-0.15, -0.1) is 0 Å². The Bertz CT molecular complexity index is 261. The molecule has 3 nitrogen and oxygen atoms in total. The van der Waals surface area contributed by atoms with E-state index in [1.807, 2.05) is 0 Å². The van der Waals surface area contributed by atoms with Crippen LogP contribution >= 0.6 is 0 Å². The molecule has 1 aliphatic heterocycles. The van der Waals surface area contributed by atoms with Crippen molar-refractivity contribution in [1.29, 1.82) is 0 Å². The predicted molar refractivity (Wildman–Crippen MR) is 63.4 cm³/mol. The van der Waals surface area contributed by atoms with Gasteiger partial charge in [0.25, 0.3) is 0 Å².